The molecule has 3 heterocycles. The monoisotopic (exact) mass is 421 g/mol. The van der Waals surface area contributed by atoms with Crippen LogP contribution in [0.2, 0.25) is 0 Å². The highest BCUT2D eigenvalue weighted by atomic mass is 16.6. The van der Waals surface area contributed by atoms with Gasteiger partial charge in [-0.05, 0) is 37.1 Å². The van der Waals surface area contributed by atoms with Crippen molar-refractivity contribution in [1.29, 1.82) is 0 Å². The molecular formula is C23H23N3O5. The van der Waals surface area contributed by atoms with Crippen LogP contribution in [0.4, 0.5) is 0 Å². The number of likely N-dealkylation sites (tertiary alicyclic amines) is 1. The molecule has 2 aliphatic rings. The van der Waals surface area contributed by atoms with E-state index in [1.807, 2.05) is 53.4 Å². The summed E-state index contributed by atoms with van der Waals surface area (Å²) < 4.78 is 22.5. The highest BCUT2D eigenvalue weighted by molar-refractivity contribution is 5.82. The van der Waals surface area contributed by atoms with Crippen molar-refractivity contribution in [2.24, 2.45) is 0 Å². The van der Waals surface area contributed by atoms with Crippen molar-refractivity contribution < 1.29 is 23.5 Å². The zero-order valence-corrected chi connectivity index (χ0v) is 17.2. The lowest BCUT2D eigenvalue weighted by Gasteiger charge is -2.35. The van der Waals surface area contributed by atoms with E-state index < -0.39 is 6.10 Å². The number of nitrogens with zero attached hydrogens (tertiary/aromatic N) is 3. The Morgan fingerprint density at radius 2 is 1.94 bits per heavy atom. The average Bonchev–Trinajstić information content (AvgIpc) is 3.33. The predicted molar refractivity (Wildman–Crippen MR) is 111 cm³/mol. The molecular weight excluding hydrogens is 398 g/mol. The minimum Gasteiger partial charge on any atom is -0.496 e. The van der Waals surface area contributed by atoms with Crippen LogP contribution >= 0.6 is 0 Å². The lowest BCUT2D eigenvalue weighted by Crippen LogP contribution is -2.49. The second-order valence-corrected chi connectivity index (χ2v) is 7.65. The van der Waals surface area contributed by atoms with E-state index in [1.165, 1.54) is 0 Å². The number of carbonyl (C=O) groups excluding carboxylic acids is 1. The van der Waals surface area contributed by atoms with Crippen LogP contribution in [0.3, 0.4) is 0 Å². The number of methoxy groups -OCH3 is 1. The second kappa shape index (κ2) is 8.29. The summed E-state index contributed by atoms with van der Waals surface area (Å²) in [6, 6.07) is 14.9. The van der Waals surface area contributed by atoms with Gasteiger partial charge in [0.25, 0.3) is 11.8 Å². The van der Waals surface area contributed by atoms with Gasteiger partial charge in [0, 0.05) is 19.0 Å². The number of ether oxygens (including phenoxy) is 3. The first kappa shape index (κ1) is 19.4. The fraction of sp³-hybridized carbons (Fsp3) is 0.348. The third-order valence-electron chi connectivity index (χ3n) is 5.66. The normalized spacial score (nSPS) is 20.4. The van der Waals surface area contributed by atoms with Crippen LogP contribution in [0.1, 0.15) is 24.6 Å². The van der Waals surface area contributed by atoms with E-state index in [-0.39, 0.29) is 18.4 Å². The molecule has 3 aromatic rings. The molecule has 0 N–H and O–H groups in total. The maximum Gasteiger partial charge on any atom is 0.267 e. The first-order chi connectivity index (χ1) is 15.2. The molecule has 0 saturated carbocycles. The van der Waals surface area contributed by atoms with Crippen molar-refractivity contribution in [1.82, 2.24) is 15.0 Å². The van der Waals surface area contributed by atoms with Gasteiger partial charge < -0.3 is 23.6 Å². The maximum absolute atomic E-state index is 13.1. The van der Waals surface area contributed by atoms with Crippen LogP contribution < -0.4 is 14.2 Å². The van der Waals surface area contributed by atoms with Crippen LogP contribution in [0, 0.1) is 0 Å². The number of benzene rings is 2. The van der Waals surface area contributed by atoms with E-state index in [0.29, 0.717) is 42.1 Å². The standard InChI is InChI=1S/C23H23N3O5/c1-28-17-9-3-2-8-16(17)22-24-21(25-31-22)15-7-6-12-26(13-15)23(27)20-14-29-18-10-4-5-11-19(18)30-20/h2-5,8-11,15,20H,6-7,12-14H2,1H3. The molecule has 0 bridgehead atoms. The van der Waals surface area contributed by atoms with Crippen molar-refractivity contribution in [2.75, 3.05) is 26.8 Å². The molecule has 1 aromatic heterocycles. The van der Waals surface area contributed by atoms with Gasteiger partial charge >= 0.3 is 0 Å². The van der Waals surface area contributed by atoms with Gasteiger partial charge in [-0.15, -0.1) is 0 Å². The zero-order chi connectivity index (χ0) is 21.2. The summed E-state index contributed by atoms with van der Waals surface area (Å²) in [5, 5.41) is 4.19. The SMILES string of the molecule is COc1ccccc1-c1nc(C2CCCN(C(=O)C3COc4ccccc4O3)C2)no1. The first-order valence-corrected chi connectivity index (χ1v) is 10.4. The molecule has 8 heteroatoms. The predicted octanol–water partition coefficient (Wildman–Crippen LogP) is 3.29. The third kappa shape index (κ3) is 3.81. The van der Waals surface area contributed by atoms with Crippen LogP contribution in [0.25, 0.3) is 11.5 Å². The van der Waals surface area contributed by atoms with E-state index in [2.05, 4.69) is 10.1 Å². The molecule has 1 fully saturated rings. The number of rotatable bonds is 4. The van der Waals surface area contributed by atoms with Crippen molar-refractivity contribution >= 4 is 5.91 Å². The van der Waals surface area contributed by atoms with Crippen molar-refractivity contribution in [3.05, 3.63) is 54.4 Å². The maximum atomic E-state index is 13.1. The fourth-order valence-electron chi connectivity index (χ4n) is 4.06. The Hall–Kier alpha value is -3.55. The van der Waals surface area contributed by atoms with Gasteiger partial charge in [-0.3, -0.25) is 4.79 Å². The van der Waals surface area contributed by atoms with E-state index in [1.54, 1.807) is 7.11 Å². The van der Waals surface area contributed by atoms with Gasteiger partial charge in [0.05, 0.1) is 12.7 Å². The number of piperidine rings is 1. The molecule has 31 heavy (non-hydrogen) atoms. The summed E-state index contributed by atoms with van der Waals surface area (Å²) in [5.41, 5.74) is 0.749. The number of amides is 1. The Morgan fingerprint density at radius 3 is 2.81 bits per heavy atom. The molecule has 2 aliphatic heterocycles. The lowest BCUT2D eigenvalue weighted by molar-refractivity contribution is -0.142. The molecule has 2 unspecified atom stereocenters. The van der Waals surface area contributed by atoms with Gasteiger partial charge in [0.1, 0.15) is 12.4 Å². The Kier molecular flexibility index (Phi) is 5.19. The van der Waals surface area contributed by atoms with Crippen LogP contribution in [0.5, 0.6) is 17.2 Å². The smallest absolute Gasteiger partial charge is 0.267 e. The van der Waals surface area contributed by atoms with Crippen LogP contribution in [-0.2, 0) is 4.79 Å². The average molecular weight is 421 g/mol. The van der Waals surface area contributed by atoms with Crippen LogP contribution in [0.15, 0.2) is 53.1 Å². The quantitative estimate of drug-likeness (QED) is 0.639. The summed E-state index contributed by atoms with van der Waals surface area (Å²) in [6.07, 6.45) is 1.10. The lowest BCUT2D eigenvalue weighted by atomic mass is 9.97. The largest absolute Gasteiger partial charge is 0.496 e. The van der Waals surface area contributed by atoms with Gasteiger partial charge in [0.2, 0.25) is 6.10 Å². The fourth-order valence-corrected chi connectivity index (χ4v) is 4.06. The molecule has 2 aromatic carbocycles. The van der Waals surface area contributed by atoms with Gasteiger partial charge in [-0.2, -0.15) is 4.98 Å². The summed E-state index contributed by atoms with van der Waals surface area (Å²) in [4.78, 5) is 19.5. The zero-order valence-electron chi connectivity index (χ0n) is 17.2. The molecule has 8 nitrogen and oxygen atoms in total. The van der Waals surface area contributed by atoms with Gasteiger partial charge in [-0.1, -0.05) is 29.4 Å². The van der Waals surface area contributed by atoms with E-state index in [0.717, 1.165) is 18.4 Å². The molecule has 0 aliphatic carbocycles. The Labute approximate surface area is 179 Å². The molecule has 2 atom stereocenters. The van der Waals surface area contributed by atoms with Crippen LogP contribution in [-0.4, -0.2) is 53.9 Å². The Balaban J connectivity index is 1.29. The molecule has 1 saturated heterocycles. The Bertz CT molecular complexity index is 1080. The number of para-hydroxylation sites is 3. The molecule has 0 radical (unpaired) electrons. The van der Waals surface area contributed by atoms with E-state index in [9.17, 15) is 4.79 Å². The van der Waals surface area contributed by atoms with Gasteiger partial charge in [-0.25, -0.2) is 0 Å². The molecule has 5 rings (SSSR count). The summed E-state index contributed by atoms with van der Waals surface area (Å²) >= 11 is 0. The minimum absolute atomic E-state index is 0.00158. The van der Waals surface area contributed by atoms with Crippen molar-refractivity contribution in [3.8, 4) is 28.7 Å². The topological polar surface area (TPSA) is 86.9 Å². The molecule has 0 spiro atoms. The van der Waals surface area contributed by atoms with E-state index >= 15 is 0 Å². The number of fused-ring (bicyclic) bond motifs is 1. The highest BCUT2D eigenvalue weighted by Crippen LogP contribution is 2.33. The summed E-state index contributed by atoms with van der Waals surface area (Å²) in [5.74, 6) is 2.88. The number of aromatic nitrogens is 2. The van der Waals surface area contributed by atoms with Crippen molar-refractivity contribution in [3.63, 3.8) is 0 Å². The summed E-state index contributed by atoms with van der Waals surface area (Å²) in [6.45, 7) is 1.40. The number of carbonyl (C=O) groups is 1. The summed E-state index contributed by atoms with van der Waals surface area (Å²) in [7, 11) is 1.61. The molecule has 1 amide bonds. The molecule has 160 valence electrons. The number of hydrogen-bond donors (Lipinski definition) is 0. The minimum atomic E-state index is -0.650. The second-order valence-electron chi connectivity index (χ2n) is 7.65. The van der Waals surface area contributed by atoms with Crippen molar-refractivity contribution in [2.45, 2.75) is 24.9 Å². The number of hydrogen-bond acceptors (Lipinski definition) is 7. The highest BCUT2D eigenvalue weighted by Gasteiger charge is 2.35. The first-order valence-electron chi connectivity index (χ1n) is 10.4. The van der Waals surface area contributed by atoms with Gasteiger partial charge in [0.15, 0.2) is 17.3 Å². The van der Waals surface area contributed by atoms with E-state index in [4.69, 9.17) is 18.7 Å². The Morgan fingerprint density at radius 1 is 1.13 bits per heavy atom. The third-order valence-corrected chi connectivity index (χ3v) is 5.66.